The number of nitrogens with zero attached hydrogens (tertiary/aromatic N) is 2. The summed E-state index contributed by atoms with van der Waals surface area (Å²) in [6.45, 7) is 3.91. The lowest BCUT2D eigenvalue weighted by molar-refractivity contribution is -0.135. The molecule has 1 heterocycles. The molecule has 1 fully saturated rings. The average molecular weight is 414 g/mol. The molecule has 1 amide bonds. The predicted octanol–water partition coefficient (Wildman–Crippen LogP) is 4.37. The molecule has 0 saturated carbocycles. The van der Waals surface area contributed by atoms with Gasteiger partial charge < -0.3 is 9.64 Å². The van der Waals surface area contributed by atoms with E-state index in [2.05, 4.69) is 4.90 Å². The van der Waals surface area contributed by atoms with Gasteiger partial charge in [0.2, 0.25) is 0 Å². The van der Waals surface area contributed by atoms with E-state index >= 15 is 0 Å². The van der Waals surface area contributed by atoms with E-state index in [0.717, 1.165) is 24.7 Å². The van der Waals surface area contributed by atoms with Gasteiger partial charge in [0.15, 0.2) is 6.61 Å². The van der Waals surface area contributed by atoms with Gasteiger partial charge in [-0.15, -0.1) is 0 Å². The van der Waals surface area contributed by atoms with E-state index in [1.54, 1.807) is 18.2 Å². The number of benzene rings is 2. The van der Waals surface area contributed by atoms with E-state index in [0.29, 0.717) is 28.9 Å². The van der Waals surface area contributed by atoms with Gasteiger partial charge in [0, 0.05) is 43.8 Å². The zero-order valence-corrected chi connectivity index (χ0v) is 16.4. The number of hydrogen-bond acceptors (Lipinski definition) is 3. The van der Waals surface area contributed by atoms with E-state index < -0.39 is 0 Å². The number of amides is 1. The van der Waals surface area contributed by atoms with Gasteiger partial charge in [-0.1, -0.05) is 46.9 Å². The van der Waals surface area contributed by atoms with Crippen LogP contribution in [0, 0.1) is 0 Å². The Labute approximate surface area is 168 Å². The van der Waals surface area contributed by atoms with E-state index in [-0.39, 0.29) is 12.5 Å². The first-order valence-corrected chi connectivity index (χ1v) is 9.47. The Morgan fingerprint density at radius 1 is 0.923 bits per heavy atom. The first-order chi connectivity index (χ1) is 12.5. The van der Waals surface area contributed by atoms with Crippen molar-refractivity contribution in [2.75, 3.05) is 32.8 Å². The molecule has 1 aliphatic heterocycles. The molecule has 3 rings (SSSR count). The molecule has 0 unspecified atom stereocenters. The van der Waals surface area contributed by atoms with E-state index in [4.69, 9.17) is 39.5 Å². The average Bonchev–Trinajstić information content (AvgIpc) is 2.65. The molecule has 0 atom stereocenters. The van der Waals surface area contributed by atoms with Gasteiger partial charge in [0.05, 0.1) is 10.0 Å². The number of halogens is 3. The van der Waals surface area contributed by atoms with Crippen molar-refractivity contribution in [3.63, 3.8) is 0 Å². The largest absolute Gasteiger partial charge is 0.484 e. The van der Waals surface area contributed by atoms with Crippen molar-refractivity contribution >= 4 is 40.7 Å². The Morgan fingerprint density at radius 2 is 1.62 bits per heavy atom. The van der Waals surface area contributed by atoms with Crippen LogP contribution in [0.2, 0.25) is 15.1 Å². The van der Waals surface area contributed by atoms with Crippen LogP contribution in [-0.4, -0.2) is 48.5 Å². The summed E-state index contributed by atoms with van der Waals surface area (Å²) in [5.41, 5.74) is 1.22. The molecule has 1 saturated heterocycles. The van der Waals surface area contributed by atoms with Crippen molar-refractivity contribution in [2.24, 2.45) is 0 Å². The molecule has 0 radical (unpaired) electrons. The molecular formula is C19H19Cl3N2O2. The molecule has 1 aliphatic rings. The highest BCUT2D eigenvalue weighted by Crippen LogP contribution is 2.26. The number of piperazine rings is 1. The number of rotatable bonds is 5. The Bertz CT molecular complexity index is 760. The number of ether oxygens (including phenoxy) is 1. The second-order valence-corrected chi connectivity index (χ2v) is 7.40. The SMILES string of the molecule is O=C(COc1ccc(Cl)c(Cl)c1)N1CCN(Cc2ccc(Cl)cc2)CC1. The minimum atomic E-state index is -0.0257. The third-order valence-electron chi connectivity index (χ3n) is 4.30. The van der Waals surface area contributed by atoms with Crippen molar-refractivity contribution in [2.45, 2.75) is 6.54 Å². The number of hydrogen-bond donors (Lipinski definition) is 0. The van der Waals surface area contributed by atoms with Gasteiger partial charge in [-0.2, -0.15) is 0 Å². The van der Waals surface area contributed by atoms with Crippen molar-refractivity contribution in [3.05, 3.63) is 63.1 Å². The van der Waals surface area contributed by atoms with Crippen molar-refractivity contribution < 1.29 is 9.53 Å². The highest BCUT2D eigenvalue weighted by molar-refractivity contribution is 6.42. The highest BCUT2D eigenvalue weighted by atomic mass is 35.5. The van der Waals surface area contributed by atoms with Crippen molar-refractivity contribution in [1.82, 2.24) is 9.80 Å². The normalized spacial score (nSPS) is 15.1. The Hall–Kier alpha value is -1.46. The highest BCUT2D eigenvalue weighted by Gasteiger charge is 2.21. The molecule has 26 heavy (non-hydrogen) atoms. The summed E-state index contributed by atoms with van der Waals surface area (Å²) >= 11 is 17.7. The molecule has 0 aliphatic carbocycles. The quantitative estimate of drug-likeness (QED) is 0.730. The van der Waals surface area contributed by atoms with Crippen molar-refractivity contribution in [3.8, 4) is 5.75 Å². The molecule has 2 aromatic carbocycles. The summed E-state index contributed by atoms with van der Waals surface area (Å²) in [7, 11) is 0. The van der Waals surface area contributed by atoms with E-state index in [1.807, 2.05) is 29.2 Å². The molecule has 7 heteroatoms. The predicted molar refractivity (Wildman–Crippen MR) is 105 cm³/mol. The third-order valence-corrected chi connectivity index (χ3v) is 5.29. The fraction of sp³-hybridized carbons (Fsp3) is 0.316. The summed E-state index contributed by atoms with van der Waals surface area (Å²) < 4.78 is 5.53. The minimum Gasteiger partial charge on any atom is -0.484 e. The standard InChI is InChI=1S/C19H19Cl3N2O2/c20-15-3-1-14(2-4-15)12-23-7-9-24(10-8-23)19(25)13-26-16-5-6-17(21)18(22)11-16/h1-6,11H,7-10,12-13H2. The zero-order chi connectivity index (χ0) is 18.5. The summed E-state index contributed by atoms with van der Waals surface area (Å²) in [4.78, 5) is 16.5. The minimum absolute atomic E-state index is 0.00482. The third kappa shape index (κ3) is 5.27. The van der Waals surface area contributed by atoms with Crippen molar-refractivity contribution in [1.29, 1.82) is 0 Å². The van der Waals surface area contributed by atoms with Gasteiger partial charge >= 0.3 is 0 Å². The lowest BCUT2D eigenvalue weighted by Crippen LogP contribution is -2.49. The topological polar surface area (TPSA) is 32.8 Å². The van der Waals surface area contributed by atoms with E-state index in [1.165, 1.54) is 5.56 Å². The van der Waals surface area contributed by atoms with Gasteiger partial charge in [-0.25, -0.2) is 0 Å². The molecule has 4 nitrogen and oxygen atoms in total. The van der Waals surface area contributed by atoms with E-state index in [9.17, 15) is 4.79 Å². The van der Waals surface area contributed by atoms with Crippen LogP contribution in [0.5, 0.6) is 5.75 Å². The summed E-state index contributed by atoms with van der Waals surface area (Å²) in [6, 6.07) is 12.8. The molecule has 0 bridgehead atoms. The Kier molecular flexibility index (Phi) is 6.65. The second kappa shape index (κ2) is 8.96. The Morgan fingerprint density at radius 3 is 2.27 bits per heavy atom. The molecule has 0 N–H and O–H groups in total. The van der Waals surface area contributed by atoms with Gasteiger partial charge in [-0.05, 0) is 29.8 Å². The number of carbonyl (C=O) groups excluding carboxylic acids is 1. The molecule has 2 aromatic rings. The van der Waals surface area contributed by atoms with Crippen LogP contribution in [0.15, 0.2) is 42.5 Å². The second-order valence-electron chi connectivity index (χ2n) is 6.15. The van der Waals surface area contributed by atoms with Crippen LogP contribution in [-0.2, 0) is 11.3 Å². The van der Waals surface area contributed by atoms with Gasteiger partial charge in [0.25, 0.3) is 5.91 Å². The van der Waals surface area contributed by atoms with Gasteiger partial charge in [0.1, 0.15) is 5.75 Å². The maximum atomic E-state index is 12.3. The molecule has 138 valence electrons. The van der Waals surface area contributed by atoms with Gasteiger partial charge in [-0.3, -0.25) is 9.69 Å². The summed E-state index contributed by atoms with van der Waals surface area (Å²) in [5, 5.41) is 1.61. The molecular weight excluding hydrogens is 395 g/mol. The molecule has 0 aromatic heterocycles. The maximum Gasteiger partial charge on any atom is 0.260 e. The summed E-state index contributed by atoms with van der Waals surface area (Å²) in [6.07, 6.45) is 0. The monoisotopic (exact) mass is 412 g/mol. The molecule has 0 spiro atoms. The number of carbonyl (C=O) groups is 1. The maximum absolute atomic E-state index is 12.3. The fourth-order valence-corrected chi connectivity index (χ4v) is 3.22. The van der Waals surface area contributed by atoms with Crippen LogP contribution in [0.1, 0.15) is 5.56 Å². The fourth-order valence-electron chi connectivity index (χ4n) is 2.81. The van der Waals surface area contributed by atoms with Crippen LogP contribution >= 0.6 is 34.8 Å². The first-order valence-electron chi connectivity index (χ1n) is 8.34. The van der Waals surface area contributed by atoms with Crippen LogP contribution in [0.25, 0.3) is 0 Å². The van der Waals surface area contributed by atoms with Crippen LogP contribution in [0.4, 0.5) is 0 Å². The lowest BCUT2D eigenvalue weighted by atomic mass is 10.2. The Balaban J connectivity index is 1.44. The zero-order valence-electron chi connectivity index (χ0n) is 14.1. The summed E-state index contributed by atoms with van der Waals surface area (Å²) in [5.74, 6) is 0.510. The lowest BCUT2D eigenvalue weighted by Gasteiger charge is -2.34. The first kappa shape index (κ1) is 19.3. The van der Waals surface area contributed by atoms with Crippen LogP contribution in [0.3, 0.4) is 0 Å². The smallest absolute Gasteiger partial charge is 0.260 e. The van der Waals surface area contributed by atoms with Crippen LogP contribution < -0.4 is 4.74 Å².